The molecule has 0 heterocycles. The summed E-state index contributed by atoms with van der Waals surface area (Å²) in [5.41, 5.74) is -2.22. The number of hydrogen-bond donors (Lipinski definition) is 4. The molecule has 2 aliphatic rings. The number of hydrogen-bond acceptors (Lipinski definition) is 4. The Balaban J connectivity index is 2.45. The molecule has 19 heavy (non-hydrogen) atoms. The fourth-order valence-corrected chi connectivity index (χ4v) is 3.54. The first-order valence-electron chi connectivity index (χ1n) is 6.76. The molecule has 4 nitrogen and oxygen atoms in total. The van der Waals surface area contributed by atoms with Crippen molar-refractivity contribution >= 4 is 0 Å². The molecule has 0 spiro atoms. The van der Waals surface area contributed by atoms with Crippen molar-refractivity contribution in [2.24, 2.45) is 11.3 Å². The van der Waals surface area contributed by atoms with E-state index in [1.54, 1.807) is 25.2 Å². The van der Waals surface area contributed by atoms with Gasteiger partial charge < -0.3 is 20.4 Å². The lowest BCUT2D eigenvalue weighted by atomic mass is 9.48. The molecule has 0 aliphatic heterocycles. The van der Waals surface area contributed by atoms with Gasteiger partial charge in [-0.2, -0.15) is 0 Å². The highest BCUT2D eigenvalue weighted by Crippen LogP contribution is 2.59. The Morgan fingerprint density at radius 2 is 1.84 bits per heavy atom. The zero-order valence-corrected chi connectivity index (χ0v) is 11.8. The van der Waals surface area contributed by atoms with Gasteiger partial charge in [-0.15, -0.1) is 0 Å². The maximum atomic E-state index is 10.9. The maximum absolute atomic E-state index is 10.9. The fourth-order valence-electron chi connectivity index (χ4n) is 3.54. The van der Waals surface area contributed by atoms with E-state index in [0.717, 1.165) is 0 Å². The van der Waals surface area contributed by atoms with Gasteiger partial charge in [0, 0.05) is 12.3 Å². The molecule has 108 valence electrons. The highest BCUT2D eigenvalue weighted by Gasteiger charge is 2.64. The van der Waals surface area contributed by atoms with Crippen LogP contribution in [0, 0.1) is 11.3 Å². The first-order chi connectivity index (χ1) is 8.64. The monoisotopic (exact) mass is 268 g/mol. The number of rotatable bonds is 1. The smallest absolute Gasteiger partial charge is 0.102 e. The van der Waals surface area contributed by atoms with Crippen molar-refractivity contribution in [1.29, 1.82) is 0 Å². The summed E-state index contributed by atoms with van der Waals surface area (Å²) in [4.78, 5) is 0. The molecule has 1 unspecified atom stereocenters. The second-order valence-electron chi connectivity index (χ2n) is 6.80. The summed E-state index contributed by atoms with van der Waals surface area (Å²) in [6, 6.07) is 0. The summed E-state index contributed by atoms with van der Waals surface area (Å²) in [6.45, 7) is 5.26. The molecule has 1 fully saturated rings. The van der Waals surface area contributed by atoms with Crippen molar-refractivity contribution in [3.05, 3.63) is 23.8 Å². The third-order valence-corrected chi connectivity index (χ3v) is 4.84. The fraction of sp³-hybridized carbons (Fsp3) is 0.733. The summed E-state index contributed by atoms with van der Waals surface area (Å²) in [5.74, 6) is -0.263. The van der Waals surface area contributed by atoms with Crippen LogP contribution < -0.4 is 0 Å². The van der Waals surface area contributed by atoms with Crippen molar-refractivity contribution in [1.82, 2.24) is 0 Å². The lowest BCUT2D eigenvalue weighted by molar-refractivity contribution is -0.250. The highest BCUT2D eigenvalue weighted by molar-refractivity contribution is 5.30. The second-order valence-corrected chi connectivity index (χ2v) is 6.80. The molecule has 0 radical (unpaired) electrons. The van der Waals surface area contributed by atoms with Crippen LogP contribution in [-0.2, 0) is 0 Å². The normalized spacial score (nSPS) is 48.1. The Labute approximate surface area is 114 Å². The standard InChI is InChI=1S/C15H24O4/c1-13(2)7-11-10(9-16)5-4-6-14(3,18)8-12(17)15(11,13)19/h4-6,11-12,16-19H,7-9H2,1-3H3/b6-4?,10-5-/t11?,12-,14+,15+/m0/s1. The second kappa shape index (κ2) is 4.42. The highest BCUT2D eigenvalue weighted by atomic mass is 16.3. The van der Waals surface area contributed by atoms with Crippen LogP contribution in [0.15, 0.2) is 23.8 Å². The van der Waals surface area contributed by atoms with Gasteiger partial charge >= 0.3 is 0 Å². The van der Waals surface area contributed by atoms with Gasteiger partial charge in [0.15, 0.2) is 0 Å². The van der Waals surface area contributed by atoms with Gasteiger partial charge in [0.2, 0.25) is 0 Å². The Hall–Kier alpha value is -0.680. The van der Waals surface area contributed by atoms with Crippen LogP contribution in [0.1, 0.15) is 33.6 Å². The third-order valence-electron chi connectivity index (χ3n) is 4.84. The topological polar surface area (TPSA) is 80.9 Å². The van der Waals surface area contributed by atoms with Crippen LogP contribution >= 0.6 is 0 Å². The average molecular weight is 268 g/mol. The van der Waals surface area contributed by atoms with E-state index in [0.29, 0.717) is 12.0 Å². The van der Waals surface area contributed by atoms with Crippen molar-refractivity contribution in [3.8, 4) is 0 Å². The van der Waals surface area contributed by atoms with Crippen molar-refractivity contribution < 1.29 is 20.4 Å². The number of fused-ring (bicyclic) bond motifs is 1. The summed E-state index contributed by atoms with van der Waals surface area (Å²) in [7, 11) is 0. The van der Waals surface area contributed by atoms with Crippen molar-refractivity contribution in [2.45, 2.75) is 50.9 Å². The molecule has 0 amide bonds. The first-order valence-corrected chi connectivity index (χ1v) is 6.76. The zero-order valence-electron chi connectivity index (χ0n) is 11.8. The van der Waals surface area contributed by atoms with E-state index in [4.69, 9.17) is 0 Å². The number of aliphatic hydroxyl groups is 4. The molecule has 0 saturated heterocycles. The Morgan fingerprint density at radius 3 is 2.37 bits per heavy atom. The zero-order chi connectivity index (χ0) is 14.5. The number of aliphatic hydroxyl groups excluding tert-OH is 2. The first kappa shape index (κ1) is 14.7. The van der Waals surface area contributed by atoms with Crippen LogP contribution in [0.4, 0.5) is 0 Å². The van der Waals surface area contributed by atoms with Gasteiger partial charge in [0.05, 0.1) is 18.3 Å². The van der Waals surface area contributed by atoms with Crippen LogP contribution in [0.3, 0.4) is 0 Å². The van der Waals surface area contributed by atoms with Crippen LogP contribution in [0.2, 0.25) is 0 Å². The van der Waals surface area contributed by atoms with Gasteiger partial charge in [-0.25, -0.2) is 0 Å². The molecule has 4 N–H and O–H groups in total. The van der Waals surface area contributed by atoms with E-state index in [-0.39, 0.29) is 18.9 Å². The van der Waals surface area contributed by atoms with Crippen molar-refractivity contribution in [2.75, 3.05) is 6.61 Å². The van der Waals surface area contributed by atoms with E-state index in [1.165, 1.54) is 0 Å². The Bertz CT molecular complexity index is 422. The molecule has 4 heteroatoms. The van der Waals surface area contributed by atoms with Gasteiger partial charge in [0.1, 0.15) is 5.60 Å². The lowest BCUT2D eigenvalue weighted by Gasteiger charge is -2.61. The molecule has 0 aromatic heterocycles. The summed E-state index contributed by atoms with van der Waals surface area (Å²) < 4.78 is 0. The molecule has 2 aliphatic carbocycles. The van der Waals surface area contributed by atoms with E-state index in [9.17, 15) is 20.4 Å². The van der Waals surface area contributed by atoms with Gasteiger partial charge in [0.25, 0.3) is 0 Å². The SMILES string of the molecule is CC1(C)CC2/C(CO)=C\C=C[C@@](C)(O)C[C@H](O)[C@]21O. The minimum absolute atomic E-state index is 0.0759. The van der Waals surface area contributed by atoms with Crippen LogP contribution in [0.25, 0.3) is 0 Å². The molecule has 0 aromatic carbocycles. The van der Waals surface area contributed by atoms with E-state index < -0.39 is 22.7 Å². The van der Waals surface area contributed by atoms with Crippen LogP contribution in [0.5, 0.6) is 0 Å². The quantitative estimate of drug-likeness (QED) is 0.566. The summed E-state index contributed by atoms with van der Waals surface area (Å²) >= 11 is 0. The molecule has 2 rings (SSSR count). The van der Waals surface area contributed by atoms with E-state index in [1.807, 2.05) is 13.8 Å². The van der Waals surface area contributed by atoms with Gasteiger partial charge in [-0.1, -0.05) is 32.1 Å². The van der Waals surface area contributed by atoms with Crippen molar-refractivity contribution in [3.63, 3.8) is 0 Å². The Kier molecular flexibility index (Phi) is 3.42. The molecule has 0 bridgehead atoms. The largest absolute Gasteiger partial charge is 0.392 e. The molecular formula is C15H24O4. The maximum Gasteiger partial charge on any atom is 0.102 e. The van der Waals surface area contributed by atoms with E-state index in [2.05, 4.69) is 0 Å². The third kappa shape index (κ3) is 2.17. The predicted octanol–water partition coefficient (Wildman–Crippen LogP) is 0.754. The number of allylic oxidation sites excluding steroid dienone is 2. The summed E-state index contributed by atoms with van der Waals surface area (Å²) in [5, 5.41) is 41.0. The molecule has 0 aromatic rings. The molecule has 4 atom stereocenters. The Morgan fingerprint density at radius 1 is 1.21 bits per heavy atom. The molecule has 1 saturated carbocycles. The predicted molar refractivity (Wildman–Crippen MR) is 72.4 cm³/mol. The minimum Gasteiger partial charge on any atom is -0.392 e. The molecular weight excluding hydrogens is 244 g/mol. The summed E-state index contributed by atoms with van der Waals surface area (Å²) in [6.07, 6.45) is 4.77. The minimum atomic E-state index is -1.31. The average Bonchev–Trinajstić information content (AvgIpc) is 2.32. The van der Waals surface area contributed by atoms with Gasteiger partial charge in [-0.3, -0.25) is 0 Å². The van der Waals surface area contributed by atoms with Gasteiger partial charge in [-0.05, 0) is 24.3 Å². The lowest BCUT2D eigenvalue weighted by Crippen LogP contribution is -2.69. The van der Waals surface area contributed by atoms with Crippen LogP contribution in [-0.4, -0.2) is 44.3 Å². The van der Waals surface area contributed by atoms with E-state index >= 15 is 0 Å².